The minimum atomic E-state index is -0.778. The molecule has 0 amide bonds. The van der Waals surface area contributed by atoms with Crippen molar-refractivity contribution in [2.75, 3.05) is 13.2 Å². The van der Waals surface area contributed by atoms with Crippen molar-refractivity contribution in [1.29, 1.82) is 0 Å². The zero-order valence-electron chi connectivity index (χ0n) is 53.9. The average Bonchev–Trinajstić information content (AvgIpc) is 3.46. The zero-order valence-corrected chi connectivity index (χ0v) is 53.9. The number of hydrogen-bond donors (Lipinski definition) is 0. The number of rotatable bonds is 66. The van der Waals surface area contributed by atoms with E-state index in [-0.39, 0.29) is 31.1 Å². The number of ether oxygens (including phenoxy) is 3. The third-order valence-electron chi connectivity index (χ3n) is 16.1. The van der Waals surface area contributed by atoms with Gasteiger partial charge in [0.25, 0.3) is 0 Å². The van der Waals surface area contributed by atoms with Gasteiger partial charge in [0, 0.05) is 19.3 Å². The molecule has 80 heavy (non-hydrogen) atoms. The van der Waals surface area contributed by atoms with Crippen molar-refractivity contribution in [3.63, 3.8) is 0 Å². The summed E-state index contributed by atoms with van der Waals surface area (Å²) < 4.78 is 17.0. The van der Waals surface area contributed by atoms with Crippen LogP contribution in [0.1, 0.15) is 387 Å². The summed E-state index contributed by atoms with van der Waals surface area (Å²) >= 11 is 0. The highest BCUT2D eigenvalue weighted by Gasteiger charge is 2.19. The Hall–Kier alpha value is -2.63. The van der Waals surface area contributed by atoms with Gasteiger partial charge in [0.1, 0.15) is 13.2 Å². The molecular weight excluding hydrogens is 985 g/mol. The first-order chi connectivity index (χ1) is 39.5. The Kier molecular flexibility index (Phi) is 66.6. The van der Waals surface area contributed by atoms with E-state index in [1.807, 2.05) is 0 Å². The lowest BCUT2D eigenvalue weighted by Gasteiger charge is -2.18. The van der Waals surface area contributed by atoms with E-state index in [4.69, 9.17) is 14.2 Å². The minimum absolute atomic E-state index is 0.0737. The molecule has 1 atom stereocenters. The van der Waals surface area contributed by atoms with Crippen LogP contribution in [0.3, 0.4) is 0 Å². The lowest BCUT2D eigenvalue weighted by Crippen LogP contribution is -2.30. The van der Waals surface area contributed by atoms with Gasteiger partial charge in [0.05, 0.1) is 0 Å². The van der Waals surface area contributed by atoms with Crippen molar-refractivity contribution in [3.8, 4) is 0 Å². The Balaban J connectivity index is 4.28. The predicted octanol–water partition coefficient (Wildman–Crippen LogP) is 24.5. The summed E-state index contributed by atoms with van der Waals surface area (Å²) in [6, 6.07) is 0. The van der Waals surface area contributed by atoms with Gasteiger partial charge in [-0.05, 0) is 83.5 Å². The van der Waals surface area contributed by atoms with Crippen LogP contribution in [0.15, 0.2) is 48.6 Å². The van der Waals surface area contributed by atoms with Crippen molar-refractivity contribution in [2.24, 2.45) is 0 Å². The largest absolute Gasteiger partial charge is 0.462 e. The van der Waals surface area contributed by atoms with E-state index in [1.165, 1.54) is 263 Å². The van der Waals surface area contributed by atoms with Crippen LogP contribution in [-0.2, 0) is 28.6 Å². The molecule has 0 aromatic heterocycles. The quantitative estimate of drug-likeness (QED) is 0.0261. The van der Waals surface area contributed by atoms with Gasteiger partial charge < -0.3 is 14.2 Å². The third kappa shape index (κ3) is 66.2. The van der Waals surface area contributed by atoms with Crippen LogP contribution >= 0.6 is 0 Å². The lowest BCUT2D eigenvalue weighted by molar-refractivity contribution is -0.167. The minimum Gasteiger partial charge on any atom is -0.462 e. The van der Waals surface area contributed by atoms with Crippen molar-refractivity contribution >= 4 is 17.9 Å². The Morgan fingerprint density at radius 2 is 0.450 bits per heavy atom. The Morgan fingerprint density at radius 1 is 0.250 bits per heavy atom. The van der Waals surface area contributed by atoms with Gasteiger partial charge in [-0.1, -0.05) is 333 Å². The van der Waals surface area contributed by atoms with Crippen LogP contribution in [0, 0.1) is 0 Å². The van der Waals surface area contributed by atoms with Gasteiger partial charge in [-0.2, -0.15) is 0 Å². The fourth-order valence-electron chi connectivity index (χ4n) is 10.7. The highest BCUT2D eigenvalue weighted by atomic mass is 16.6. The number of hydrogen-bond acceptors (Lipinski definition) is 6. The Labute approximate surface area is 498 Å². The molecule has 0 aliphatic rings. The van der Waals surface area contributed by atoms with Gasteiger partial charge in [-0.3, -0.25) is 14.4 Å². The van der Waals surface area contributed by atoms with Crippen molar-refractivity contribution in [3.05, 3.63) is 48.6 Å². The molecule has 0 bridgehead atoms. The zero-order chi connectivity index (χ0) is 57.8. The first-order valence-corrected chi connectivity index (χ1v) is 35.6. The molecule has 0 aromatic rings. The number of carbonyl (C=O) groups is 3. The van der Waals surface area contributed by atoms with E-state index < -0.39 is 6.10 Å². The highest BCUT2D eigenvalue weighted by molar-refractivity contribution is 5.71. The molecule has 0 spiro atoms. The lowest BCUT2D eigenvalue weighted by atomic mass is 10.0. The molecule has 0 saturated carbocycles. The second-order valence-corrected chi connectivity index (χ2v) is 24.1. The molecule has 0 aliphatic heterocycles. The summed E-state index contributed by atoms with van der Waals surface area (Å²) in [5, 5.41) is 0. The molecular formula is C74H136O6. The number of unbranched alkanes of at least 4 members (excludes halogenated alkanes) is 47. The van der Waals surface area contributed by atoms with Crippen LogP contribution in [0.25, 0.3) is 0 Å². The molecule has 0 saturated heterocycles. The number of esters is 3. The molecule has 0 N–H and O–H groups in total. The van der Waals surface area contributed by atoms with E-state index in [1.54, 1.807) is 0 Å². The van der Waals surface area contributed by atoms with Gasteiger partial charge >= 0.3 is 17.9 Å². The first-order valence-electron chi connectivity index (χ1n) is 35.6. The molecule has 0 rings (SSSR count). The predicted molar refractivity (Wildman–Crippen MR) is 349 cm³/mol. The molecule has 1 unspecified atom stereocenters. The molecule has 0 radical (unpaired) electrons. The average molecular weight is 1120 g/mol. The van der Waals surface area contributed by atoms with Crippen LogP contribution in [0.5, 0.6) is 0 Å². The monoisotopic (exact) mass is 1120 g/mol. The Morgan fingerprint density at radius 3 is 0.713 bits per heavy atom. The summed E-state index contributed by atoms with van der Waals surface area (Å²) in [6.07, 6.45) is 87.1. The standard InChI is InChI=1S/C74H136O6/c1-4-7-10-13-16-19-22-25-28-30-32-34-36-37-38-40-41-43-46-49-52-55-58-61-64-67-73(76)79-70-71(69-78-72(75)66-63-60-57-54-51-48-45-27-24-21-18-15-12-9-6-3)80-74(77)68-65-62-59-56-53-50-47-44-42-39-35-33-31-29-26-23-20-17-14-11-8-5-2/h18,21-22,25,27,30,32,45,71H,4-17,19-20,23-24,26,28-29,31,33-44,46-70H2,1-3H3/b21-18-,25-22-,32-30-,45-27-. The highest BCUT2D eigenvalue weighted by Crippen LogP contribution is 2.18. The normalized spacial score (nSPS) is 12.3. The van der Waals surface area contributed by atoms with Crippen LogP contribution in [0.4, 0.5) is 0 Å². The fourth-order valence-corrected chi connectivity index (χ4v) is 10.7. The molecule has 0 aromatic carbocycles. The number of allylic oxidation sites excluding steroid dienone is 8. The molecule has 468 valence electrons. The summed E-state index contributed by atoms with van der Waals surface area (Å²) in [6.45, 7) is 6.66. The molecule has 0 heterocycles. The molecule has 6 heteroatoms. The van der Waals surface area contributed by atoms with E-state index in [0.717, 1.165) is 83.5 Å². The van der Waals surface area contributed by atoms with Crippen molar-refractivity contribution in [2.45, 2.75) is 393 Å². The second-order valence-electron chi connectivity index (χ2n) is 24.1. The van der Waals surface area contributed by atoms with Crippen LogP contribution < -0.4 is 0 Å². The van der Waals surface area contributed by atoms with Gasteiger partial charge in [0.2, 0.25) is 0 Å². The maximum atomic E-state index is 13.0. The summed E-state index contributed by atoms with van der Waals surface area (Å²) in [7, 11) is 0. The molecule has 0 aliphatic carbocycles. The third-order valence-corrected chi connectivity index (χ3v) is 16.1. The maximum Gasteiger partial charge on any atom is 0.306 e. The fraction of sp³-hybridized carbons (Fsp3) is 0.851. The SMILES string of the molecule is CCCCC/C=C\C/C=C\CCCCCCCC(=O)OCC(COC(=O)CCCCCCCCCCCCCCC/C=C\C/C=C\CCCCCCC)OC(=O)CCCCCCCCCCCCCCCCCCCCCCCC. The second kappa shape index (κ2) is 68.9. The van der Waals surface area contributed by atoms with Crippen molar-refractivity contribution < 1.29 is 28.6 Å². The van der Waals surface area contributed by atoms with Crippen LogP contribution in [0.2, 0.25) is 0 Å². The van der Waals surface area contributed by atoms with E-state index in [9.17, 15) is 14.4 Å². The summed E-state index contributed by atoms with van der Waals surface area (Å²) in [4.78, 5) is 38.5. The Bertz CT molecular complexity index is 1380. The van der Waals surface area contributed by atoms with E-state index >= 15 is 0 Å². The first kappa shape index (κ1) is 77.4. The molecule has 0 fully saturated rings. The van der Waals surface area contributed by atoms with E-state index in [0.29, 0.717) is 19.3 Å². The topological polar surface area (TPSA) is 78.9 Å². The molecule has 6 nitrogen and oxygen atoms in total. The maximum absolute atomic E-state index is 13.0. The smallest absolute Gasteiger partial charge is 0.306 e. The van der Waals surface area contributed by atoms with Gasteiger partial charge in [-0.15, -0.1) is 0 Å². The van der Waals surface area contributed by atoms with E-state index in [2.05, 4.69) is 69.4 Å². The van der Waals surface area contributed by atoms with Gasteiger partial charge in [-0.25, -0.2) is 0 Å². The number of carbonyl (C=O) groups excluding carboxylic acids is 3. The summed E-state index contributed by atoms with van der Waals surface area (Å²) in [5.41, 5.74) is 0. The van der Waals surface area contributed by atoms with Crippen molar-refractivity contribution in [1.82, 2.24) is 0 Å². The summed E-state index contributed by atoms with van der Waals surface area (Å²) in [5.74, 6) is -0.861. The van der Waals surface area contributed by atoms with Crippen LogP contribution in [-0.4, -0.2) is 37.2 Å². The van der Waals surface area contributed by atoms with Gasteiger partial charge in [0.15, 0.2) is 6.10 Å².